The van der Waals surface area contributed by atoms with Crippen molar-refractivity contribution in [1.29, 1.82) is 0 Å². The van der Waals surface area contributed by atoms with Crippen molar-refractivity contribution in [3.63, 3.8) is 0 Å². The lowest BCUT2D eigenvalue weighted by molar-refractivity contribution is -0.155. The van der Waals surface area contributed by atoms with E-state index in [0.29, 0.717) is 70.4 Å². The van der Waals surface area contributed by atoms with E-state index in [1.807, 2.05) is 49.7 Å². The Labute approximate surface area is 311 Å². The van der Waals surface area contributed by atoms with Crippen LogP contribution in [0, 0.1) is 35.0 Å². The largest absolute Gasteiger partial charge is 0.476 e. The summed E-state index contributed by atoms with van der Waals surface area (Å²) in [5.74, 6) is 0.650. The molecule has 5 heterocycles. The topological polar surface area (TPSA) is 135 Å². The number of methoxy groups -OCH3 is 1. The van der Waals surface area contributed by atoms with Crippen molar-refractivity contribution >= 4 is 44.5 Å². The Morgan fingerprint density at radius 1 is 1.09 bits per heavy atom. The molecule has 4 aromatic heterocycles. The van der Waals surface area contributed by atoms with Gasteiger partial charge >= 0.3 is 5.97 Å². The highest BCUT2D eigenvalue weighted by Crippen LogP contribution is 2.82. The number of aromatic nitrogens is 5. The minimum Gasteiger partial charge on any atom is -0.476 e. The van der Waals surface area contributed by atoms with Crippen molar-refractivity contribution in [2.45, 2.75) is 78.0 Å². The molecule has 3 bridgehead atoms. The summed E-state index contributed by atoms with van der Waals surface area (Å²) in [5.41, 5.74) is 6.63. The second kappa shape index (κ2) is 11.7. The van der Waals surface area contributed by atoms with E-state index < -0.39 is 5.97 Å². The first kappa shape index (κ1) is 32.9. The Morgan fingerprint density at radius 2 is 1.98 bits per heavy atom. The molecule has 4 saturated carbocycles. The molecule has 11 nitrogen and oxygen atoms in total. The number of pyridine rings is 2. The quantitative estimate of drug-likeness (QED) is 0.168. The molecule has 1 amide bonds. The second-order valence-corrected chi connectivity index (χ2v) is 17.7. The number of amides is 1. The molecular formula is C41H43N7O4S. The van der Waals surface area contributed by atoms with Gasteiger partial charge < -0.3 is 14.7 Å². The number of benzene rings is 1. The van der Waals surface area contributed by atoms with Crippen LogP contribution >= 0.6 is 11.3 Å². The number of carboxylic acids is 1. The fourth-order valence-corrected chi connectivity index (χ4v) is 12.5. The van der Waals surface area contributed by atoms with Gasteiger partial charge in [0, 0.05) is 55.3 Å². The molecule has 10 rings (SSSR count). The second-order valence-electron chi connectivity index (χ2n) is 16.7. The standard InChI is InChI=1S/C41H43N7O4S/c1-23-27(18-43-48(23)22-40-13-11-29-31(52-3)16-39(2,20-40)21-41(29)17-32(40)41)25-9-10-33(45-34(25)37(50)51)47-15-12-24-6-4-7-26(28(24)19-47)35(49)46-38-44-30-8-5-14-42-36(30)53-38/h4-10,14,18,29,31-32H,11-13,15-17,19-22H2,1-3H3,(H,50,51)(H,44,46,49). The van der Waals surface area contributed by atoms with Crippen molar-refractivity contribution in [3.8, 4) is 11.1 Å². The summed E-state index contributed by atoms with van der Waals surface area (Å²) in [6, 6.07) is 13.3. The average molecular weight is 730 g/mol. The maximum atomic E-state index is 13.6. The minimum atomic E-state index is -1.07. The number of carbonyl (C=O) groups excluding carboxylic acids is 1. The summed E-state index contributed by atoms with van der Waals surface area (Å²) in [4.78, 5) is 42.8. The summed E-state index contributed by atoms with van der Waals surface area (Å²) in [6.45, 7) is 6.51. The number of anilines is 2. The maximum Gasteiger partial charge on any atom is 0.355 e. The molecule has 1 aromatic carbocycles. The van der Waals surface area contributed by atoms with Gasteiger partial charge in [-0.05, 0) is 121 Å². The number of thiazole rings is 1. The van der Waals surface area contributed by atoms with Crippen molar-refractivity contribution in [2.24, 2.45) is 28.1 Å². The van der Waals surface area contributed by atoms with Gasteiger partial charge in [0.1, 0.15) is 16.2 Å². The fourth-order valence-electron chi connectivity index (χ4n) is 11.7. The molecule has 2 N–H and O–H groups in total. The Bertz CT molecular complexity index is 2300. The SMILES string of the molecule is COC1CC2(C)CC3(Cn4ncc(-c5ccc(N6CCc7cccc(C(=O)Nc8nc9cccnc9s8)c7C6)nc5C(=O)O)c4C)CCC1C1(CC31)C2. The van der Waals surface area contributed by atoms with E-state index in [4.69, 9.17) is 14.8 Å². The van der Waals surface area contributed by atoms with Gasteiger partial charge in [-0.25, -0.2) is 19.7 Å². The lowest BCUT2D eigenvalue weighted by atomic mass is 9.46. The number of hydrogen-bond acceptors (Lipinski definition) is 9. The molecule has 6 atom stereocenters. The first-order valence-electron chi connectivity index (χ1n) is 18.8. The van der Waals surface area contributed by atoms with Crippen LogP contribution in [-0.4, -0.2) is 61.5 Å². The summed E-state index contributed by atoms with van der Waals surface area (Å²) in [5, 5.41) is 18.9. The Morgan fingerprint density at radius 3 is 2.81 bits per heavy atom. The average Bonchev–Trinajstić information content (AvgIpc) is 3.59. The van der Waals surface area contributed by atoms with E-state index in [-0.39, 0.29) is 17.0 Å². The number of ether oxygens (including phenoxy) is 1. The van der Waals surface area contributed by atoms with Crippen molar-refractivity contribution in [2.75, 3.05) is 23.9 Å². The molecule has 4 aliphatic carbocycles. The number of hydrogen-bond donors (Lipinski definition) is 2. The van der Waals surface area contributed by atoms with Crippen LogP contribution < -0.4 is 10.2 Å². The van der Waals surface area contributed by atoms with Crippen LogP contribution in [0.25, 0.3) is 21.5 Å². The lowest BCUT2D eigenvalue weighted by Crippen LogP contribution is -2.56. The molecule has 6 unspecified atom stereocenters. The number of rotatable bonds is 8. The highest BCUT2D eigenvalue weighted by Gasteiger charge is 2.76. The van der Waals surface area contributed by atoms with E-state index in [9.17, 15) is 14.7 Å². The van der Waals surface area contributed by atoms with Gasteiger partial charge in [-0.3, -0.25) is 14.8 Å². The molecule has 1 spiro atoms. The third-order valence-corrected chi connectivity index (χ3v) is 14.6. The van der Waals surface area contributed by atoms with Gasteiger partial charge in [0.05, 0.1) is 12.3 Å². The molecule has 53 heavy (non-hydrogen) atoms. The predicted octanol–water partition coefficient (Wildman–Crippen LogP) is 7.39. The third kappa shape index (κ3) is 5.08. The van der Waals surface area contributed by atoms with E-state index in [1.54, 1.807) is 6.20 Å². The predicted molar refractivity (Wildman–Crippen MR) is 202 cm³/mol. The molecule has 12 heteroatoms. The van der Waals surface area contributed by atoms with Crippen LogP contribution in [0.15, 0.2) is 54.9 Å². The van der Waals surface area contributed by atoms with Gasteiger partial charge in [-0.2, -0.15) is 5.10 Å². The van der Waals surface area contributed by atoms with Crippen LogP contribution in [0.1, 0.15) is 83.1 Å². The van der Waals surface area contributed by atoms with Crippen molar-refractivity contribution in [1.82, 2.24) is 24.7 Å². The van der Waals surface area contributed by atoms with Crippen molar-refractivity contribution in [3.05, 3.63) is 82.9 Å². The normalized spacial score (nSPS) is 29.5. The Hall–Kier alpha value is -4.68. The number of nitrogens with one attached hydrogen (secondary N) is 1. The van der Waals surface area contributed by atoms with Crippen LogP contribution in [0.3, 0.4) is 0 Å². The van der Waals surface area contributed by atoms with E-state index >= 15 is 0 Å². The number of carboxylic acid groups (broad SMARTS) is 1. The minimum absolute atomic E-state index is 0.0107. The van der Waals surface area contributed by atoms with Crippen LogP contribution in [-0.2, 0) is 24.2 Å². The first-order valence-corrected chi connectivity index (χ1v) is 19.6. The molecule has 4 fully saturated rings. The highest BCUT2D eigenvalue weighted by atomic mass is 32.1. The summed E-state index contributed by atoms with van der Waals surface area (Å²) in [7, 11) is 1.90. The smallest absolute Gasteiger partial charge is 0.355 e. The summed E-state index contributed by atoms with van der Waals surface area (Å²) >= 11 is 1.34. The van der Waals surface area contributed by atoms with Gasteiger partial charge in [0.15, 0.2) is 10.8 Å². The fraction of sp³-hybridized carbons (Fsp3) is 0.463. The lowest BCUT2D eigenvalue weighted by Gasteiger charge is -2.60. The first-order chi connectivity index (χ1) is 25.6. The maximum absolute atomic E-state index is 13.6. The van der Waals surface area contributed by atoms with Gasteiger partial charge in [0.2, 0.25) is 0 Å². The number of aromatic carboxylic acids is 1. The monoisotopic (exact) mass is 729 g/mol. The summed E-state index contributed by atoms with van der Waals surface area (Å²) in [6.07, 6.45) is 12.0. The van der Waals surface area contributed by atoms with E-state index in [0.717, 1.165) is 45.7 Å². The number of fused-ring (bicyclic) bond motifs is 3. The van der Waals surface area contributed by atoms with Gasteiger partial charge in [-0.15, -0.1) is 0 Å². The summed E-state index contributed by atoms with van der Waals surface area (Å²) < 4.78 is 8.23. The zero-order chi connectivity index (χ0) is 36.3. The Kier molecular flexibility index (Phi) is 7.24. The molecule has 272 valence electrons. The molecule has 1 aliphatic heterocycles. The highest BCUT2D eigenvalue weighted by molar-refractivity contribution is 7.21. The zero-order valence-electron chi connectivity index (χ0n) is 30.3. The number of carbonyl (C=O) groups is 2. The molecular weight excluding hydrogens is 687 g/mol. The van der Waals surface area contributed by atoms with Crippen molar-refractivity contribution < 1.29 is 19.4 Å². The molecule has 0 saturated heterocycles. The number of nitrogens with zero attached hydrogens (tertiary/aromatic N) is 6. The van der Waals surface area contributed by atoms with E-state index in [2.05, 4.69) is 44.8 Å². The van der Waals surface area contributed by atoms with Crippen LogP contribution in [0.4, 0.5) is 10.9 Å². The van der Waals surface area contributed by atoms with Gasteiger partial charge in [-0.1, -0.05) is 30.4 Å². The molecule has 5 aromatic rings. The molecule has 5 aliphatic rings. The van der Waals surface area contributed by atoms with Crippen LogP contribution in [0.5, 0.6) is 0 Å². The van der Waals surface area contributed by atoms with Gasteiger partial charge in [0.25, 0.3) is 5.91 Å². The zero-order valence-corrected chi connectivity index (χ0v) is 31.1. The van der Waals surface area contributed by atoms with E-state index in [1.165, 1.54) is 43.4 Å². The Balaban J connectivity index is 0.907. The molecule has 0 radical (unpaired) electrons. The van der Waals surface area contributed by atoms with Crippen LogP contribution in [0.2, 0.25) is 0 Å². The third-order valence-electron chi connectivity index (χ3n) is 13.7.